The van der Waals surface area contributed by atoms with Crippen LogP contribution >= 0.6 is 11.8 Å². The van der Waals surface area contributed by atoms with E-state index in [1.165, 1.54) is 23.9 Å². The first-order chi connectivity index (χ1) is 12.4. The lowest BCUT2D eigenvalue weighted by molar-refractivity contribution is -0.387. The highest BCUT2D eigenvalue weighted by Crippen LogP contribution is 2.35. The summed E-state index contributed by atoms with van der Waals surface area (Å²) in [7, 11) is 0. The molecule has 0 aliphatic rings. The Balaban J connectivity index is 2.36. The zero-order chi connectivity index (χ0) is 19.1. The second-order valence-electron chi connectivity index (χ2n) is 5.29. The van der Waals surface area contributed by atoms with Crippen LogP contribution < -0.4 is 0 Å². The lowest BCUT2D eigenvalue weighted by Gasteiger charge is -2.05. The number of aryl methyl sites for hydroxylation is 1. The fourth-order valence-electron chi connectivity index (χ4n) is 2.10. The minimum atomic E-state index is -0.754. The number of carbonyl (C=O) groups is 1. The van der Waals surface area contributed by atoms with Crippen molar-refractivity contribution in [1.29, 1.82) is 5.26 Å². The van der Waals surface area contributed by atoms with E-state index in [1.54, 1.807) is 25.1 Å². The molecule has 132 valence electrons. The number of nitrogens with zero attached hydrogens (tertiary/aromatic N) is 2. The predicted octanol–water partition coefficient (Wildman–Crippen LogP) is 4.52. The van der Waals surface area contributed by atoms with Gasteiger partial charge in [-0.3, -0.25) is 10.1 Å². The van der Waals surface area contributed by atoms with Gasteiger partial charge in [0.25, 0.3) is 5.69 Å². The number of nitro benzene ring substituents is 1. The Morgan fingerprint density at radius 1 is 1.31 bits per heavy atom. The van der Waals surface area contributed by atoms with E-state index in [0.717, 1.165) is 10.5 Å². The summed E-state index contributed by atoms with van der Waals surface area (Å²) < 4.78 is 4.79. The lowest BCUT2D eigenvalue weighted by Crippen LogP contribution is -2.06. The first-order valence-corrected chi connectivity index (χ1v) is 8.58. The Hall–Kier alpha value is -3.11. The molecule has 0 saturated carbocycles. The molecule has 0 spiro atoms. The van der Waals surface area contributed by atoms with Gasteiger partial charge in [-0.05, 0) is 43.7 Å². The topological polar surface area (TPSA) is 93.2 Å². The van der Waals surface area contributed by atoms with E-state index in [2.05, 4.69) is 0 Å². The Bertz CT molecular complexity index is 899. The van der Waals surface area contributed by atoms with Gasteiger partial charge in [0.2, 0.25) is 0 Å². The maximum Gasteiger partial charge on any atom is 0.348 e. The smallest absolute Gasteiger partial charge is 0.348 e. The average Bonchev–Trinajstić information content (AvgIpc) is 2.62. The number of esters is 1. The lowest BCUT2D eigenvalue weighted by atomic mass is 10.1. The molecule has 0 amide bonds. The molecule has 0 radical (unpaired) electrons. The van der Waals surface area contributed by atoms with E-state index in [-0.39, 0.29) is 17.9 Å². The van der Waals surface area contributed by atoms with Crippen LogP contribution in [0.4, 0.5) is 5.69 Å². The van der Waals surface area contributed by atoms with Crippen LogP contribution in [0.3, 0.4) is 0 Å². The Labute approximate surface area is 155 Å². The number of hydrogen-bond donors (Lipinski definition) is 0. The fraction of sp³-hybridized carbons (Fsp3) is 0.158. The van der Waals surface area contributed by atoms with Crippen molar-refractivity contribution < 1.29 is 14.5 Å². The SMILES string of the molecule is CCOC(=O)C(C#N)=Cc1ccc(Sc2ccc(C)cc2)c([N+](=O)[O-])c1. The van der Waals surface area contributed by atoms with Gasteiger partial charge in [0.05, 0.1) is 16.4 Å². The highest BCUT2D eigenvalue weighted by atomic mass is 32.2. The van der Waals surface area contributed by atoms with Crippen LogP contribution in [0.2, 0.25) is 0 Å². The van der Waals surface area contributed by atoms with Crippen LogP contribution in [0.15, 0.2) is 57.8 Å². The molecule has 26 heavy (non-hydrogen) atoms. The van der Waals surface area contributed by atoms with Gasteiger partial charge in [-0.25, -0.2) is 4.79 Å². The molecule has 6 nitrogen and oxygen atoms in total. The highest BCUT2D eigenvalue weighted by molar-refractivity contribution is 7.99. The van der Waals surface area contributed by atoms with Gasteiger partial charge < -0.3 is 4.74 Å². The second kappa shape index (κ2) is 8.83. The number of benzene rings is 2. The molecule has 0 heterocycles. The number of hydrogen-bond acceptors (Lipinski definition) is 6. The maximum absolute atomic E-state index is 11.7. The van der Waals surface area contributed by atoms with E-state index in [4.69, 9.17) is 10.00 Å². The van der Waals surface area contributed by atoms with Crippen molar-refractivity contribution in [2.45, 2.75) is 23.6 Å². The molecule has 0 fully saturated rings. The van der Waals surface area contributed by atoms with Crippen molar-refractivity contribution in [3.05, 3.63) is 69.3 Å². The van der Waals surface area contributed by atoms with Crippen molar-refractivity contribution in [2.24, 2.45) is 0 Å². The van der Waals surface area contributed by atoms with E-state index >= 15 is 0 Å². The molecular formula is C19H16N2O4S. The predicted molar refractivity (Wildman–Crippen MR) is 98.6 cm³/mol. The molecule has 0 aliphatic heterocycles. The molecule has 0 bridgehead atoms. The quantitative estimate of drug-likeness (QED) is 0.245. The number of carbonyl (C=O) groups excluding carboxylic acids is 1. The molecular weight excluding hydrogens is 352 g/mol. The molecule has 0 atom stereocenters. The normalized spacial score (nSPS) is 10.9. The first-order valence-electron chi connectivity index (χ1n) is 7.76. The summed E-state index contributed by atoms with van der Waals surface area (Å²) in [6, 6.07) is 14.0. The van der Waals surface area contributed by atoms with Gasteiger partial charge in [-0.2, -0.15) is 5.26 Å². The Morgan fingerprint density at radius 2 is 2.00 bits per heavy atom. The molecule has 2 aromatic rings. The summed E-state index contributed by atoms with van der Waals surface area (Å²) in [6.45, 7) is 3.74. The third-order valence-electron chi connectivity index (χ3n) is 3.36. The Morgan fingerprint density at radius 3 is 2.58 bits per heavy atom. The molecule has 2 rings (SSSR count). The highest BCUT2D eigenvalue weighted by Gasteiger charge is 2.17. The van der Waals surface area contributed by atoms with Crippen LogP contribution in [0, 0.1) is 28.4 Å². The van der Waals surface area contributed by atoms with E-state index in [0.29, 0.717) is 10.5 Å². The van der Waals surface area contributed by atoms with Crippen molar-refractivity contribution in [3.63, 3.8) is 0 Å². The third-order valence-corrected chi connectivity index (χ3v) is 4.43. The number of nitriles is 1. The molecule has 0 aliphatic carbocycles. The van der Waals surface area contributed by atoms with Gasteiger partial charge in [-0.15, -0.1) is 0 Å². The van der Waals surface area contributed by atoms with Crippen molar-refractivity contribution in [1.82, 2.24) is 0 Å². The van der Waals surface area contributed by atoms with Gasteiger partial charge in [0.1, 0.15) is 11.6 Å². The molecule has 2 aromatic carbocycles. The molecule has 7 heteroatoms. The zero-order valence-electron chi connectivity index (χ0n) is 14.3. The summed E-state index contributed by atoms with van der Waals surface area (Å²) in [4.78, 5) is 24.0. The summed E-state index contributed by atoms with van der Waals surface area (Å²) in [5.41, 5.74) is 1.19. The third kappa shape index (κ3) is 4.94. The molecule has 0 saturated heterocycles. The standard InChI is InChI=1S/C19H16N2O4S/c1-3-25-19(22)15(12-20)10-14-6-9-18(17(11-14)21(23)24)26-16-7-4-13(2)5-8-16/h4-11H,3H2,1-2H3. The van der Waals surface area contributed by atoms with Gasteiger partial charge in [0.15, 0.2) is 0 Å². The van der Waals surface area contributed by atoms with Crippen LogP contribution in [-0.2, 0) is 9.53 Å². The summed E-state index contributed by atoms with van der Waals surface area (Å²) in [5, 5.41) is 20.5. The zero-order valence-corrected chi connectivity index (χ0v) is 15.1. The average molecular weight is 368 g/mol. The van der Waals surface area contributed by atoms with Crippen LogP contribution in [0.1, 0.15) is 18.1 Å². The Kier molecular flexibility index (Phi) is 6.53. The summed E-state index contributed by atoms with van der Waals surface area (Å²) in [6.07, 6.45) is 1.28. The van der Waals surface area contributed by atoms with Crippen LogP contribution in [-0.4, -0.2) is 17.5 Å². The maximum atomic E-state index is 11.7. The first kappa shape index (κ1) is 19.2. The van der Waals surface area contributed by atoms with Crippen molar-refractivity contribution in [2.75, 3.05) is 6.61 Å². The summed E-state index contributed by atoms with van der Waals surface area (Å²) >= 11 is 1.28. The monoisotopic (exact) mass is 368 g/mol. The van der Waals surface area contributed by atoms with Gasteiger partial charge in [0, 0.05) is 11.0 Å². The van der Waals surface area contributed by atoms with E-state index in [9.17, 15) is 14.9 Å². The molecule has 0 aromatic heterocycles. The second-order valence-corrected chi connectivity index (χ2v) is 6.41. The fourth-order valence-corrected chi connectivity index (χ4v) is 3.00. The number of rotatable bonds is 6. The number of nitro groups is 1. The largest absolute Gasteiger partial charge is 0.462 e. The molecule has 0 unspecified atom stereocenters. The van der Waals surface area contributed by atoms with Gasteiger partial charge in [-0.1, -0.05) is 35.5 Å². The van der Waals surface area contributed by atoms with Crippen molar-refractivity contribution >= 4 is 29.5 Å². The van der Waals surface area contributed by atoms with Crippen LogP contribution in [0.5, 0.6) is 0 Å². The van der Waals surface area contributed by atoms with Gasteiger partial charge >= 0.3 is 5.97 Å². The van der Waals surface area contributed by atoms with Crippen LogP contribution in [0.25, 0.3) is 6.08 Å². The minimum Gasteiger partial charge on any atom is -0.462 e. The van der Waals surface area contributed by atoms with Crippen molar-refractivity contribution in [3.8, 4) is 6.07 Å². The summed E-state index contributed by atoms with van der Waals surface area (Å²) in [5.74, 6) is -0.754. The number of ether oxygens (including phenoxy) is 1. The van der Waals surface area contributed by atoms with E-state index in [1.807, 2.05) is 31.2 Å². The minimum absolute atomic E-state index is 0.0922. The molecule has 0 N–H and O–H groups in total. The van der Waals surface area contributed by atoms with E-state index < -0.39 is 10.9 Å².